The van der Waals surface area contributed by atoms with E-state index in [0.717, 1.165) is 6.08 Å². The summed E-state index contributed by atoms with van der Waals surface area (Å²) in [7, 11) is -2.53. The highest BCUT2D eigenvalue weighted by Crippen LogP contribution is 2.25. The van der Waals surface area contributed by atoms with E-state index in [1.54, 1.807) is 0 Å². The van der Waals surface area contributed by atoms with Crippen molar-refractivity contribution in [1.29, 1.82) is 0 Å². The maximum Gasteiger partial charge on any atom is 0.328 e. The van der Waals surface area contributed by atoms with E-state index in [-0.39, 0.29) is 22.2 Å². The van der Waals surface area contributed by atoms with Crippen LogP contribution in [-0.2, 0) is 14.8 Å². The molecule has 0 aromatic heterocycles. The van der Waals surface area contributed by atoms with Crippen LogP contribution in [0.2, 0.25) is 0 Å². The lowest BCUT2D eigenvalue weighted by Gasteiger charge is -2.11. The molecule has 21 heavy (non-hydrogen) atoms. The van der Waals surface area contributed by atoms with Crippen LogP contribution in [0.4, 0.5) is 0 Å². The first-order valence-electron chi connectivity index (χ1n) is 5.68. The van der Waals surface area contributed by atoms with E-state index in [1.807, 2.05) is 0 Å². The molecule has 0 saturated heterocycles. The summed E-state index contributed by atoms with van der Waals surface area (Å²) in [5.41, 5.74) is 0.406. The van der Waals surface area contributed by atoms with Crippen molar-refractivity contribution in [3.63, 3.8) is 0 Å². The first-order chi connectivity index (χ1) is 9.76. The Bertz CT molecular complexity index is 682. The predicted molar refractivity (Wildman–Crippen MR) is 79.8 cm³/mol. The summed E-state index contributed by atoms with van der Waals surface area (Å²) in [6, 6.07) is 4.28. The van der Waals surface area contributed by atoms with Crippen LogP contribution in [0.1, 0.15) is 5.56 Å². The van der Waals surface area contributed by atoms with Gasteiger partial charge in [0.05, 0.1) is 7.11 Å². The second-order valence-corrected chi connectivity index (χ2v) is 6.19. The van der Waals surface area contributed by atoms with Crippen LogP contribution < -0.4 is 9.46 Å². The van der Waals surface area contributed by atoms with Gasteiger partial charge in [-0.25, -0.2) is 17.9 Å². The highest BCUT2D eigenvalue weighted by atomic mass is 35.5. The number of carboxylic acids is 1. The lowest BCUT2D eigenvalue weighted by molar-refractivity contribution is -0.131. The molecule has 0 aliphatic heterocycles. The largest absolute Gasteiger partial charge is 0.495 e. The van der Waals surface area contributed by atoms with Gasteiger partial charge in [0.2, 0.25) is 10.0 Å². The zero-order valence-corrected chi connectivity index (χ0v) is 12.7. The number of hydrogen-bond acceptors (Lipinski definition) is 4. The Labute approximate surface area is 127 Å². The molecule has 0 fully saturated rings. The summed E-state index contributed by atoms with van der Waals surface area (Å²) in [6.45, 7) is 3.27. The van der Waals surface area contributed by atoms with Gasteiger partial charge in [0, 0.05) is 17.7 Å². The Hall–Kier alpha value is -1.83. The number of carboxylic acid groups (broad SMARTS) is 1. The fraction of sp³-hybridized carbons (Fsp3) is 0.154. The molecule has 0 aliphatic carbocycles. The zero-order chi connectivity index (χ0) is 16.0. The Kier molecular flexibility index (Phi) is 5.95. The molecule has 1 rings (SSSR count). The molecule has 0 radical (unpaired) electrons. The number of benzene rings is 1. The molecule has 0 unspecified atom stereocenters. The Morgan fingerprint density at radius 2 is 2.19 bits per heavy atom. The van der Waals surface area contributed by atoms with E-state index >= 15 is 0 Å². The molecule has 0 heterocycles. The molecule has 114 valence electrons. The summed E-state index contributed by atoms with van der Waals surface area (Å²) >= 11 is 5.53. The second-order valence-electron chi connectivity index (χ2n) is 3.92. The molecule has 0 amide bonds. The maximum atomic E-state index is 12.2. The van der Waals surface area contributed by atoms with Crippen molar-refractivity contribution in [3.8, 4) is 5.75 Å². The van der Waals surface area contributed by atoms with Gasteiger partial charge < -0.3 is 9.84 Å². The minimum absolute atomic E-state index is 0.115. The zero-order valence-electron chi connectivity index (χ0n) is 11.2. The van der Waals surface area contributed by atoms with Crippen molar-refractivity contribution in [3.05, 3.63) is 41.4 Å². The molecule has 0 spiro atoms. The number of nitrogens with one attached hydrogen (secondary N) is 1. The monoisotopic (exact) mass is 331 g/mol. The van der Waals surface area contributed by atoms with Crippen LogP contribution >= 0.6 is 11.6 Å². The van der Waals surface area contributed by atoms with Crippen molar-refractivity contribution in [2.24, 2.45) is 0 Å². The van der Waals surface area contributed by atoms with Gasteiger partial charge in [-0.05, 0) is 23.8 Å². The average molecular weight is 332 g/mol. The van der Waals surface area contributed by atoms with Crippen molar-refractivity contribution in [2.45, 2.75) is 4.90 Å². The standard InChI is InChI=1S/C13H14ClNO5S/c1-9(14)8-15-21(18,19)12-7-10(4-6-13(16)17)3-5-11(12)20-2/h3-7,15H,1,8H2,2H3,(H,16,17)/b6-4+. The molecule has 6 nitrogen and oxygen atoms in total. The van der Waals surface area contributed by atoms with Crippen molar-refractivity contribution < 1.29 is 23.1 Å². The summed E-state index contributed by atoms with van der Waals surface area (Å²) < 4.78 is 31.6. The van der Waals surface area contributed by atoms with Crippen LogP contribution in [0.5, 0.6) is 5.75 Å². The number of methoxy groups -OCH3 is 1. The van der Waals surface area contributed by atoms with Gasteiger partial charge in [-0.1, -0.05) is 24.2 Å². The minimum Gasteiger partial charge on any atom is -0.495 e. The number of rotatable bonds is 7. The van der Waals surface area contributed by atoms with Crippen LogP contribution in [0.3, 0.4) is 0 Å². The maximum absolute atomic E-state index is 12.2. The van der Waals surface area contributed by atoms with Crippen LogP contribution in [0.25, 0.3) is 6.08 Å². The van der Waals surface area contributed by atoms with Crippen LogP contribution in [0, 0.1) is 0 Å². The minimum atomic E-state index is -3.86. The normalized spacial score (nSPS) is 11.5. The molecule has 0 aliphatic rings. The number of carbonyl (C=O) groups is 1. The van der Waals surface area contributed by atoms with E-state index in [0.29, 0.717) is 5.56 Å². The topological polar surface area (TPSA) is 92.7 Å². The molecule has 1 aromatic carbocycles. The predicted octanol–water partition coefficient (Wildman–Crippen LogP) is 1.82. The van der Waals surface area contributed by atoms with Crippen LogP contribution in [0.15, 0.2) is 40.8 Å². The first-order valence-corrected chi connectivity index (χ1v) is 7.54. The van der Waals surface area contributed by atoms with Gasteiger partial charge in [0.15, 0.2) is 0 Å². The van der Waals surface area contributed by atoms with Gasteiger partial charge in [-0.3, -0.25) is 0 Å². The summed E-state index contributed by atoms with van der Waals surface area (Å²) in [4.78, 5) is 10.4. The van der Waals surface area contributed by atoms with E-state index in [4.69, 9.17) is 21.4 Å². The molecule has 0 saturated carbocycles. The van der Waals surface area contributed by atoms with E-state index < -0.39 is 16.0 Å². The molecular weight excluding hydrogens is 318 g/mol. The Morgan fingerprint density at radius 3 is 2.71 bits per heavy atom. The fourth-order valence-corrected chi connectivity index (χ4v) is 2.80. The van der Waals surface area contributed by atoms with Crippen LogP contribution in [-0.4, -0.2) is 33.1 Å². The third kappa shape index (κ3) is 5.22. The lowest BCUT2D eigenvalue weighted by Crippen LogP contribution is -2.25. The average Bonchev–Trinajstić information content (AvgIpc) is 2.42. The van der Waals surface area contributed by atoms with E-state index in [2.05, 4.69) is 11.3 Å². The van der Waals surface area contributed by atoms with Crippen molar-refractivity contribution >= 4 is 33.7 Å². The summed E-state index contributed by atoms with van der Waals surface area (Å²) in [5, 5.41) is 8.72. The Morgan fingerprint density at radius 1 is 1.52 bits per heavy atom. The van der Waals surface area contributed by atoms with Crippen molar-refractivity contribution in [1.82, 2.24) is 4.72 Å². The number of halogens is 1. The SMILES string of the molecule is C=C(Cl)CNS(=O)(=O)c1cc(/C=C/C(=O)O)ccc1OC. The molecule has 0 bridgehead atoms. The van der Waals surface area contributed by atoms with Gasteiger partial charge in [0.1, 0.15) is 10.6 Å². The third-order valence-corrected chi connectivity index (χ3v) is 3.91. The van der Waals surface area contributed by atoms with Crippen molar-refractivity contribution in [2.75, 3.05) is 13.7 Å². The highest BCUT2D eigenvalue weighted by Gasteiger charge is 2.19. The smallest absolute Gasteiger partial charge is 0.328 e. The fourth-order valence-electron chi connectivity index (χ4n) is 1.43. The Balaban J connectivity index is 3.22. The highest BCUT2D eigenvalue weighted by molar-refractivity contribution is 7.89. The van der Waals surface area contributed by atoms with E-state index in [9.17, 15) is 13.2 Å². The van der Waals surface area contributed by atoms with Gasteiger partial charge in [0.25, 0.3) is 0 Å². The van der Waals surface area contributed by atoms with E-state index in [1.165, 1.54) is 31.4 Å². The number of hydrogen-bond donors (Lipinski definition) is 2. The quantitative estimate of drug-likeness (QED) is 0.743. The molecular formula is C13H14ClNO5S. The molecule has 1 aromatic rings. The van der Waals surface area contributed by atoms with Gasteiger partial charge in [-0.15, -0.1) is 0 Å². The molecule has 2 N–H and O–H groups in total. The number of ether oxygens (including phenoxy) is 1. The lowest BCUT2D eigenvalue weighted by atomic mass is 10.2. The second kappa shape index (κ2) is 7.26. The molecule has 8 heteroatoms. The van der Waals surface area contributed by atoms with Gasteiger partial charge in [-0.2, -0.15) is 0 Å². The third-order valence-electron chi connectivity index (χ3n) is 2.35. The summed E-state index contributed by atoms with van der Waals surface area (Å²) in [5.74, 6) is -0.998. The molecule has 0 atom stereocenters. The summed E-state index contributed by atoms with van der Waals surface area (Å²) in [6.07, 6.45) is 2.19. The van der Waals surface area contributed by atoms with Gasteiger partial charge >= 0.3 is 5.97 Å². The number of sulfonamides is 1. The first kappa shape index (κ1) is 17.2. The number of aliphatic carboxylic acids is 1.